The topological polar surface area (TPSA) is 75.1 Å². The zero-order valence-corrected chi connectivity index (χ0v) is 25.1. The highest BCUT2D eigenvalue weighted by Crippen LogP contribution is 2.47. The van der Waals surface area contributed by atoms with Gasteiger partial charge in [-0.2, -0.15) is 0 Å². The second-order valence-electron chi connectivity index (χ2n) is 12.4. The number of piperazine rings is 1. The zero-order chi connectivity index (χ0) is 30.0. The lowest BCUT2D eigenvalue weighted by atomic mass is 9.69. The van der Waals surface area contributed by atoms with E-state index in [0.717, 1.165) is 37.4 Å². The van der Waals surface area contributed by atoms with Crippen molar-refractivity contribution < 1.29 is 19.4 Å². The van der Waals surface area contributed by atoms with Crippen molar-refractivity contribution in [2.24, 2.45) is 0 Å². The molecule has 2 atom stereocenters. The molecular formula is C36H39N3O4. The van der Waals surface area contributed by atoms with E-state index in [1.54, 1.807) is 11.0 Å². The summed E-state index contributed by atoms with van der Waals surface area (Å²) >= 11 is 0. The van der Waals surface area contributed by atoms with Crippen molar-refractivity contribution in [3.05, 3.63) is 113 Å². The lowest BCUT2D eigenvalue weighted by Crippen LogP contribution is -2.50. The summed E-state index contributed by atoms with van der Waals surface area (Å²) in [6, 6.07) is 28.7. The third kappa shape index (κ3) is 6.61. The van der Waals surface area contributed by atoms with E-state index < -0.39 is 5.60 Å². The van der Waals surface area contributed by atoms with Gasteiger partial charge in [0.15, 0.2) is 0 Å². The van der Waals surface area contributed by atoms with Gasteiger partial charge in [0.2, 0.25) is 5.88 Å². The number of nitrogens with zero attached hydrogens (tertiary/aromatic N) is 3. The van der Waals surface area contributed by atoms with E-state index in [0.29, 0.717) is 30.6 Å². The number of phenolic OH excluding ortho intramolecular Hbond substituents is 1. The molecule has 0 spiro atoms. The monoisotopic (exact) mass is 577 g/mol. The van der Waals surface area contributed by atoms with Crippen molar-refractivity contribution >= 4 is 11.8 Å². The lowest BCUT2D eigenvalue weighted by molar-refractivity contribution is 0.0240. The minimum Gasteiger partial charge on any atom is -0.508 e. The van der Waals surface area contributed by atoms with E-state index in [1.165, 1.54) is 22.3 Å². The molecule has 4 aromatic rings. The smallest absolute Gasteiger partial charge is 0.410 e. The normalized spacial score (nSPS) is 18.6. The molecule has 1 aliphatic carbocycles. The highest BCUT2D eigenvalue weighted by molar-refractivity contribution is 5.68. The molecule has 1 amide bonds. The fourth-order valence-corrected chi connectivity index (χ4v) is 6.24. The van der Waals surface area contributed by atoms with Gasteiger partial charge in [-0.1, -0.05) is 48.5 Å². The highest BCUT2D eigenvalue weighted by Gasteiger charge is 2.32. The van der Waals surface area contributed by atoms with Crippen LogP contribution in [-0.4, -0.2) is 52.9 Å². The van der Waals surface area contributed by atoms with Crippen LogP contribution in [0.1, 0.15) is 61.3 Å². The molecule has 1 unspecified atom stereocenters. The largest absolute Gasteiger partial charge is 0.508 e. The van der Waals surface area contributed by atoms with Crippen molar-refractivity contribution in [1.82, 2.24) is 9.88 Å². The van der Waals surface area contributed by atoms with Crippen molar-refractivity contribution in [2.75, 3.05) is 31.1 Å². The summed E-state index contributed by atoms with van der Waals surface area (Å²) in [6.45, 7) is 8.31. The van der Waals surface area contributed by atoms with Crippen LogP contribution in [0.5, 0.6) is 17.4 Å². The van der Waals surface area contributed by atoms with Crippen LogP contribution in [0.4, 0.5) is 10.5 Å². The number of fused-ring (bicyclic) bond motifs is 1. The van der Waals surface area contributed by atoms with Gasteiger partial charge in [-0.05, 0) is 92.1 Å². The van der Waals surface area contributed by atoms with E-state index in [9.17, 15) is 9.90 Å². The van der Waals surface area contributed by atoms with Gasteiger partial charge in [-0.15, -0.1) is 0 Å². The van der Waals surface area contributed by atoms with Crippen molar-refractivity contribution in [2.45, 2.75) is 51.0 Å². The molecule has 6 rings (SSSR count). The first-order chi connectivity index (χ1) is 20.7. The highest BCUT2D eigenvalue weighted by atomic mass is 16.6. The molecule has 1 aromatic heterocycles. The molecule has 2 aliphatic rings. The third-order valence-corrected chi connectivity index (χ3v) is 8.30. The Morgan fingerprint density at radius 2 is 1.63 bits per heavy atom. The molecule has 0 saturated carbocycles. The number of ether oxygens (including phenoxy) is 2. The molecule has 0 radical (unpaired) electrons. The Morgan fingerprint density at radius 3 is 2.30 bits per heavy atom. The van der Waals surface area contributed by atoms with Crippen LogP contribution in [0.3, 0.4) is 0 Å². The minimum absolute atomic E-state index is 0.189. The number of aromatic nitrogens is 1. The standard InChI is InChI=1S/C36H39N3O4/c1-36(2,3)43-35(41)39-21-19-38(20-22-39)28-12-18-33(37-24-28)42-30-14-9-26(10-15-30)34-31(25-7-5-4-6-8-25)16-11-27-23-29(40)13-17-32(27)34/h4-10,12-15,17-18,23-24,31,34,40H,11,16,19-22H2,1-3H3/t31-,34?/m1/s1. The molecule has 43 heavy (non-hydrogen) atoms. The summed E-state index contributed by atoms with van der Waals surface area (Å²) in [4.78, 5) is 20.9. The van der Waals surface area contributed by atoms with Gasteiger partial charge in [0.05, 0.1) is 11.9 Å². The Kier molecular flexibility index (Phi) is 7.98. The Balaban J connectivity index is 1.12. The van der Waals surface area contributed by atoms with Gasteiger partial charge in [-0.3, -0.25) is 0 Å². The molecule has 7 nitrogen and oxygen atoms in total. The maximum atomic E-state index is 12.4. The van der Waals surface area contributed by atoms with Gasteiger partial charge in [0.1, 0.15) is 17.1 Å². The van der Waals surface area contributed by atoms with E-state index in [4.69, 9.17) is 9.47 Å². The number of benzene rings is 3. The molecule has 222 valence electrons. The molecule has 3 aromatic carbocycles. The number of rotatable bonds is 5. The summed E-state index contributed by atoms with van der Waals surface area (Å²) in [6.07, 6.45) is 3.53. The van der Waals surface area contributed by atoms with Crippen LogP contribution in [-0.2, 0) is 11.2 Å². The van der Waals surface area contributed by atoms with Gasteiger partial charge in [0.25, 0.3) is 0 Å². The Labute approximate surface area is 253 Å². The van der Waals surface area contributed by atoms with Crippen LogP contribution >= 0.6 is 0 Å². The predicted octanol–water partition coefficient (Wildman–Crippen LogP) is 7.50. The van der Waals surface area contributed by atoms with Crippen LogP contribution in [0.15, 0.2) is 91.1 Å². The van der Waals surface area contributed by atoms with E-state index in [-0.39, 0.29) is 12.0 Å². The van der Waals surface area contributed by atoms with Gasteiger partial charge < -0.3 is 24.4 Å². The number of pyridine rings is 1. The number of hydrogen-bond acceptors (Lipinski definition) is 6. The lowest BCUT2D eigenvalue weighted by Gasteiger charge is -2.36. The molecule has 1 aliphatic heterocycles. The second-order valence-corrected chi connectivity index (χ2v) is 12.4. The molecule has 1 saturated heterocycles. The number of aryl methyl sites for hydroxylation is 1. The first-order valence-electron chi connectivity index (χ1n) is 15.1. The molecule has 7 heteroatoms. The van der Waals surface area contributed by atoms with Crippen LogP contribution in [0, 0.1) is 0 Å². The molecule has 1 fully saturated rings. The first kappa shape index (κ1) is 28.6. The summed E-state index contributed by atoms with van der Waals surface area (Å²) in [5.74, 6) is 2.12. The average molecular weight is 578 g/mol. The summed E-state index contributed by atoms with van der Waals surface area (Å²) in [7, 11) is 0. The maximum absolute atomic E-state index is 12.4. The Bertz CT molecular complexity index is 1540. The predicted molar refractivity (Wildman–Crippen MR) is 168 cm³/mol. The summed E-state index contributed by atoms with van der Waals surface area (Å²) in [5, 5.41) is 10.1. The number of anilines is 1. The fourth-order valence-electron chi connectivity index (χ4n) is 6.24. The summed E-state index contributed by atoms with van der Waals surface area (Å²) < 4.78 is 11.6. The fraction of sp³-hybridized carbons (Fsp3) is 0.333. The van der Waals surface area contributed by atoms with E-state index in [2.05, 4.69) is 58.4 Å². The second kappa shape index (κ2) is 12.0. The number of aromatic hydroxyl groups is 1. The number of amides is 1. The van der Waals surface area contributed by atoms with Crippen LogP contribution in [0.2, 0.25) is 0 Å². The number of phenols is 1. The molecule has 1 N–H and O–H groups in total. The average Bonchev–Trinajstić information content (AvgIpc) is 3.01. The van der Waals surface area contributed by atoms with Crippen molar-refractivity contribution in [3.63, 3.8) is 0 Å². The van der Waals surface area contributed by atoms with E-state index >= 15 is 0 Å². The van der Waals surface area contributed by atoms with Gasteiger partial charge in [-0.25, -0.2) is 9.78 Å². The Morgan fingerprint density at radius 1 is 0.884 bits per heavy atom. The Hall–Kier alpha value is -4.52. The zero-order valence-electron chi connectivity index (χ0n) is 25.1. The molecule has 0 bridgehead atoms. The third-order valence-electron chi connectivity index (χ3n) is 8.30. The molecule has 2 heterocycles. The quantitative estimate of drug-likeness (QED) is 0.265. The number of hydrogen-bond donors (Lipinski definition) is 1. The maximum Gasteiger partial charge on any atom is 0.410 e. The van der Waals surface area contributed by atoms with Gasteiger partial charge >= 0.3 is 6.09 Å². The molecular weight excluding hydrogens is 538 g/mol. The first-order valence-corrected chi connectivity index (χ1v) is 15.1. The van der Waals surface area contributed by atoms with Crippen molar-refractivity contribution in [1.29, 1.82) is 0 Å². The SMILES string of the molecule is CC(C)(C)OC(=O)N1CCN(c2ccc(Oc3ccc(C4c5ccc(O)cc5CC[C@@H]4c4ccccc4)cc3)nc2)CC1. The summed E-state index contributed by atoms with van der Waals surface area (Å²) in [5.41, 5.74) is 5.55. The van der Waals surface area contributed by atoms with Gasteiger partial charge in [0, 0.05) is 38.2 Å². The van der Waals surface area contributed by atoms with E-state index in [1.807, 2.05) is 57.3 Å². The number of carbonyl (C=O) groups is 1. The number of carbonyl (C=O) groups excluding carboxylic acids is 1. The van der Waals surface area contributed by atoms with Crippen LogP contribution in [0.25, 0.3) is 0 Å². The van der Waals surface area contributed by atoms with Crippen molar-refractivity contribution in [3.8, 4) is 17.4 Å². The minimum atomic E-state index is -0.495. The van der Waals surface area contributed by atoms with Crippen LogP contribution < -0.4 is 9.64 Å².